The van der Waals surface area contributed by atoms with Crippen molar-refractivity contribution in [1.29, 1.82) is 0 Å². The molecule has 5 nitrogen and oxygen atoms in total. The van der Waals surface area contributed by atoms with Crippen LogP contribution in [0.15, 0.2) is 29.3 Å². The van der Waals surface area contributed by atoms with E-state index < -0.39 is 0 Å². The summed E-state index contributed by atoms with van der Waals surface area (Å²) in [4.78, 5) is 20.3. The van der Waals surface area contributed by atoms with Crippen LogP contribution < -0.4 is 5.69 Å². The highest BCUT2D eigenvalue weighted by atomic mass is 16.3. The fourth-order valence-corrected chi connectivity index (χ4v) is 2.15. The lowest BCUT2D eigenvalue weighted by Gasteiger charge is -2.11. The maximum Gasteiger partial charge on any atom is 0.347 e. The monoisotopic (exact) mass is 287 g/mol. The Morgan fingerprint density at radius 3 is 2.71 bits per heavy atom. The molecule has 0 amide bonds. The van der Waals surface area contributed by atoms with E-state index in [9.17, 15) is 4.79 Å². The van der Waals surface area contributed by atoms with Crippen LogP contribution in [0.25, 0.3) is 0 Å². The zero-order valence-electron chi connectivity index (χ0n) is 12.7. The smallest absolute Gasteiger partial charge is 0.347 e. The number of aryl methyl sites for hydroxylation is 1. The molecule has 0 spiro atoms. The minimum atomic E-state index is -0.288. The summed E-state index contributed by atoms with van der Waals surface area (Å²) in [6.45, 7) is 6.66. The van der Waals surface area contributed by atoms with Crippen LogP contribution in [0.3, 0.4) is 0 Å². The number of nitrogens with zero attached hydrogens (tertiary/aromatic N) is 3. The van der Waals surface area contributed by atoms with Crippen LogP contribution >= 0.6 is 0 Å². The van der Waals surface area contributed by atoms with Gasteiger partial charge >= 0.3 is 5.69 Å². The fraction of sp³-hybridized carbons (Fsp3) is 0.438. The van der Waals surface area contributed by atoms with Gasteiger partial charge in [-0.25, -0.2) is 9.78 Å². The second-order valence-electron chi connectivity index (χ2n) is 5.48. The summed E-state index contributed by atoms with van der Waals surface area (Å²) in [5, 5.41) is 8.97. The summed E-state index contributed by atoms with van der Waals surface area (Å²) in [6.07, 6.45) is 3.76. The molecule has 0 atom stereocenters. The summed E-state index contributed by atoms with van der Waals surface area (Å²) >= 11 is 0. The molecule has 2 rings (SSSR count). The molecule has 0 saturated carbocycles. The quantitative estimate of drug-likeness (QED) is 0.908. The fourth-order valence-electron chi connectivity index (χ4n) is 2.15. The molecule has 0 aliphatic carbocycles. The van der Waals surface area contributed by atoms with Gasteiger partial charge in [0.25, 0.3) is 0 Å². The zero-order valence-corrected chi connectivity index (χ0v) is 12.7. The van der Waals surface area contributed by atoms with Crippen LogP contribution in [0.4, 0.5) is 0 Å². The predicted octanol–water partition coefficient (Wildman–Crippen LogP) is 1.65. The Morgan fingerprint density at radius 2 is 2.10 bits per heavy atom. The van der Waals surface area contributed by atoms with Gasteiger partial charge in [0.2, 0.25) is 0 Å². The molecule has 21 heavy (non-hydrogen) atoms. The van der Waals surface area contributed by atoms with E-state index in [1.807, 2.05) is 19.1 Å². The lowest BCUT2D eigenvalue weighted by Crippen LogP contribution is -2.24. The van der Waals surface area contributed by atoms with Crippen molar-refractivity contribution >= 4 is 0 Å². The number of hydrogen-bond acceptors (Lipinski definition) is 4. The Kier molecular flexibility index (Phi) is 4.85. The lowest BCUT2D eigenvalue weighted by molar-refractivity contribution is 0.299. The van der Waals surface area contributed by atoms with Crippen molar-refractivity contribution in [2.24, 2.45) is 0 Å². The van der Waals surface area contributed by atoms with E-state index in [0.717, 1.165) is 22.5 Å². The van der Waals surface area contributed by atoms with Gasteiger partial charge in [0.1, 0.15) is 0 Å². The number of rotatable bonds is 5. The minimum absolute atomic E-state index is 0.0452. The molecule has 0 bridgehead atoms. The molecule has 2 heterocycles. The number of aromatic nitrogens is 3. The van der Waals surface area contributed by atoms with Crippen molar-refractivity contribution in [2.75, 3.05) is 6.61 Å². The van der Waals surface area contributed by atoms with Crippen LogP contribution in [0.2, 0.25) is 0 Å². The first kappa shape index (κ1) is 15.4. The molecule has 0 aliphatic rings. The highest BCUT2D eigenvalue weighted by Crippen LogP contribution is 2.15. The molecule has 1 N–H and O–H groups in total. The molecule has 0 fully saturated rings. The van der Waals surface area contributed by atoms with Gasteiger partial charge in [-0.15, -0.1) is 0 Å². The van der Waals surface area contributed by atoms with Crippen molar-refractivity contribution in [3.63, 3.8) is 0 Å². The van der Waals surface area contributed by atoms with E-state index in [0.29, 0.717) is 18.9 Å². The lowest BCUT2D eigenvalue weighted by atomic mass is 10.1. The third kappa shape index (κ3) is 3.76. The van der Waals surface area contributed by atoms with Gasteiger partial charge < -0.3 is 5.11 Å². The van der Waals surface area contributed by atoms with E-state index in [1.165, 1.54) is 6.20 Å². The highest BCUT2D eigenvalue weighted by Gasteiger charge is 2.07. The molecular formula is C16H21N3O2. The SMILES string of the molecule is Cc1nc(C(C)C)ccc1Cn1cc(CCO)cnc1=O. The Hall–Kier alpha value is -2.01. The Labute approximate surface area is 124 Å². The number of aliphatic hydroxyl groups is 1. The molecule has 0 aliphatic heterocycles. The average molecular weight is 287 g/mol. The van der Waals surface area contributed by atoms with E-state index in [-0.39, 0.29) is 12.3 Å². The van der Waals surface area contributed by atoms with Crippen LogP contribution in [0.1, 0.15) is 42.3 Å². The van der Waals surface area contributed by atoms with Crippen molar-refractivity contribution in [3.05, 3.63) is 57.5 Å². The molecule has 0 radical (unpaired) electrons. The summed E-state index contributed by atoms with van der Waals surface area (Å²) in [6, 6.07) is 4.02. The summed E-state index contributed by atoms with van der Waals surface area (Å²) in [7, 11) is 0. The third-order valence-electron chi connectivity index (χ3n) is 3.46. The number of hydrogen-bond donors (Lipinski definition) is 1. The molecule has 0 unspecified atom stereocenters. The van der Waals surface area contributed by atoms with E-state index in [1.54, 1.807) is 10.8 Å². The normalized spacial score (nSPS) is 11.1. The van der Waals surface area contributed by atoms with Crippen LogP contribution in [-0.4, -0.2) is 26.2 Å². The Morgan fingerprint density at radius 1 is 1.33 bits per heavy atom. The van der Waals surface area contributed by atoms with Gasteiger partial charge in [-0.1, -0.05) is 19.9 Å². The molecule has 2 aromatic rings. The second kappa shape index (κ2) is 6.63. The van der Waals surface area contributed by atoms with E-state index in [4.69, 9.17) is 5.11 Å². The van der Waals surface area contributed by atoms with Crippen molar-refractivity contribution < 1.29 is 5.11 Å². The van der Waals surface area contributed by atoms with Gasteiger partial charge in [0, 0.05) is 30.4 Å². The Balaban J connectivity index is 2.29. The molecule has 2 aromatic heterocycles. The first-order valence-electron chi connectivity index (χ1n) is 7.14. The van der Waals surface area contributed by atoms with Gasteiger partial charge in [-0.2, -0.15) is 0 Å². The predicted molar refractivity (Wildman–Crippen MR) is 81.5 cm³/mol. The van der Waals surface area contributed by atoms with Crippen molar-refractivity contribution in [2.45, 2.75) is 39.7 Å². The first-order chi connectivity index (χ1) is 10.0. The van der Waals surface area contributed by atoms with Crippen LogP contribution in [-0.2, 0) is 13.0 Å². The standard InChI is InChI=1S/C16H21N3O2/c1-11(2)15-5-4-14(12(3)18-15)10-19-9-13(6-7-20)8-17-16(19)21/h4-5,8-9,11,20H,6-7,10H2,1-3H3. The highest BCUT2D eigenvalue weighted by molar-refractivity contribution is 5.24. The molecular weight excluding hydrogens is 266 g/mol. The molecule has 112 valence electrons. The third-order valence-corrected chi connectivity index (χ3v) is 3.46. The van der Waals surface area contributed by atoms with Crippen molar-refractivity contribution in [3.8, 4) is 0 Å². The molecule has 5 heteroatoms. The maximum atomic E-state index is 11.8. The molecule has 0 aromatic carbocycles. The summed E-state index contributed by atoms with van der Waals surface area (Å²) in [5.41, 5.74) is 3.55. The first-order valence-corrected chi connectivity index (χ1v) is 7.14. The van der Waals surface area contributed by atoms with Gasteiger partial charge in [0.05, 0.1) is 6.54 Å². The minimum Gasteiger partial charge on any atom is -0.396 e. The Bertz CT molecular complexity index is 677. The number of pyridine rings is 1. The van der Waals surface area contributed by atoms with Gasteiger partial charge in [0.15, 0.2) is 0 Å². The topological polar surface area (TPSA) is 68.0 Å². The van der Waals surface area contributed by atoms with Gasteiger partial charge in [-0.3, -0.25) is 9.55 Å². The van der Waals surface area contributed by atoms with E-state index in [2.05, 4.69) is 23.8 Å². The van der Waals surface area contributed by atoms with E-state index >= 15 is 0 Å². The largest absolute Gasteiger partial charge is 0.396 e. The maximum absolute atomic E-state index is 11.8. The zero-order chi connectivity index (χ0) is 15.4. The van der Waals surface area contributed by atoms with Gasteiger partial charge in [-0.05, 0) is 36.5 Å². The number of aliphatic hydroxyl groups excluding tert-OH is 1. The summed E-state index contributed by atoms with van der Waals surface area (Å²) in [5.74, 6) is 0.384. The van der Waals surface area contributed by atoms with Crippen LogP contribution in [0, 0.1) is 6.92 Å². The second-order valence-corrected chi connectivity index (χ2v) is 5.48. The summed E-state index contributed by atoms with van der Waals surface area (Å²) < 4.78 is 1.56. The van der Waals surface area contributed by atoms with Crippen LogP contribution in [0.5, 0.6) is 0 Å². The molecule has 0 saturated heterocycles. The average Bonchev–Trinajstić information content (AvgIpc) is 2.44. The van der Waals surface area contributed by atoms with Crippen molar-refractivity contribution in [1.82, 2.24) is 14.5 Å².